The zero-order chi connectivity index (χ0) is 19.3. The summed E-state index contributed by atoms with van der Waals surface area (Å²) in [5.41, 5.74) is 3.03. The lowest BCUT2D eigenvalue weighted by Gasteiger charge is -2.31. The topological polar surface area (TPSA) is 48.2 Å². The molecule has 0 aliphatic carbocycles. The van der Waals surface area contributed by atoms with Gasteiger partial charge in [-0.2, -0.15) is 0 Å². The number of methoxy groups -OCH3 is 2. The van der Waals surface area contributed by atoms with Crippen LogP contribution in [-0.4, -0.2) is 45.2 Å². The molecule has 1 fully saturated rings. The van der Waals surface area contributed by atoms with Crippen molar-refractivity contribution in [2.24, 2.45) is 4.99 Å². The monoisotopic (exact) mass is 477 g/mol. The van der Waals surface area contributed by atoms with Crippen LogP contribution in [0.1, 0.15) is 0 Å². The molecule has 1 aliphatic heterocycles. The standard InChI is InChI=1S/C21H23N3O3S.BrH/c1-25-17-9-7-16(8-10-17)19-15-28-21(24(19)23-11-13-27-14-12-23)22-18-5-3-4-6-20(18)26-2;/h3-10,15H,11-14H2,1-2H3;1H. The Hall–Kier alpha value is -2.29. The van der Waals surface area contributed by atoms with Crippen molar-refractivity contribution in [2.45, 2.75) is 0 Å². The van der Waals surface area contributed by atoms with Gasteiger partial charge in [0.2, 0.25) is 4.80 Å². The van der Waals surface area contributed by atoms with E-state index in [1.807, 2.05) is 36.4 Å². The maximum Gasteiger partial charge on any atom is 0.209 e. The molecule has 4 rings (SSSR count). The molecule has 1 saturated heterocycles. The minimum atomic E-state index is 0. The summed E-state index contributed by atoms with van der Waals surface area (Å²) >= 11 is 1.62. The minimum absolute atomic E-state index is 0. The number of benzene rings is 2. The van der Waals surface area contributed by atoms with Crippen LogP contribution in [0.4, 0.5) is 5.69 Å². The molecule has 0 saturated carbocycles. The Labute approximate surface area is 184 Å². The fraction of sp³-hybridized carbons (Fsp3) is 0.286. The second-order valence-electron chi connectivity index (χ2n) is 6.29. The van der Waals surface area contributed by atoms with Gasteiger partial charge in [0, 0.05) is 10.9 Å². The molecule has 0 unspecified atom stereocenters. The van der Waals surface area contributed by atoms with E-state index < -0.39 is 0 Å². The van der Waals surface area contributed by atoms with E-state index in [4.69, 9.17) is 19.2 Å². The second kappa shape index (κ2) is 9.96. The Morgan fingerprint density at radius 3 is 2.38 bits per heavy atom. The molecule has 3 aromatic rings. The highest BCUT2D eigenvalue weighted by Crippen LogP contribution is 2.27. The van der Waals surface area contributed by atoms with Crippen LogP contribution in [0.25, 0.3) is 11.3 Å². The van der Waals surface area contributed by atoms with E-state index in [1.165, 1.54) is 0 Å². The summed E-state index contributed by atoms with van der Waals surface area (Å²) < 4.78 is 18.5. The predicted molar refractivity (Wildman–Crippen MR) is 122 cm³/mol. The molecule has 154 valence electrons. The quantitative estimate of drug-likeness (QED) is 0.556. The summed E-state index contributed by atoms with van der Waals surface area (Å²) in [4.78, 5) is 5.82. The molecule has 8 heteroatoms. The summed E-state index contributed by atoms with van der Waals surface area (Å²) in [6.45, 7) is 3.05. The highest BCUT2D eigenvalue weighted by atomic mass is 79.9. The first-order chi connectivity index (χ1) is 13.8. The number of morpholine rings is 1. The predicted octanol–water partition coefficient (Wildman–Crippen LogP) is 4.01. The van der Waals surface area contributed by atoms with Gasteiger partial charge in [-0.3, -0.25) is 0 Å². The number of rotatable bonds is 5. The van der Waals surface area contributed by atoms with Crippen LogP contribution >= 0.6 is 28.3 Å². The average molecular weight is 478 g/mol. The first-order valence-electron chi connectivity index (χ1n) is 9.16. The van der Waals surface area contributed by atoms with E-state index in [9.17, 15) is 0 Å². The van der Waals surface area contributed by atoms with Gasteiger partial charge >= 0.3 is 0 Å². The van der Waals surface area contributed by atoms with Crippen molar-refractivity contribution in [1.82, 2.24) is 4.68 Å². The Kier molecular flexibility index (Phi) is 7.35. The number of aromatic nitrogens is 1. The van der Waals surface area contributed by atoms with Crippen molar-refractivity contribution >= 4 is 34.0 Å². The van der Waals surface area contributed by atoms with E-state index in [1.54, 1.807) is 25.6 Å². The van der Waals surface area contributed by atoms with Crippen LogP contribution in [0.3, 0.4) is 0 Å². The Bertz CT molecular complexity index is 995. The van der Waals surface area contributed by atoms with Crippen LogP contribution < -0.4 is 19.3 Å². The molecule has 1 aliphatic rings. The van der Waals surface area contributed by atoms with Gasteiger partial charge in [0.05, 0.1) is 46.2 Å². The number of hydrogen-bond acceptors (Lipinski definition) is 6. The number of halogens is 1. The summed E-state index contributed by atoms with van der Waals surface area (Å²) in [5, 5.41) is 4.43. The Balaban J connectivity index is 0.00000240. The molecule has 2 heterocycles. The van der Waals surface area contributed by atoms with E-state index >= 15 is 0 Å². The number of hydrogen-bond donors (Lipinski definition) is 0. The summed E-state index contributed by atoms with van der Waals surface area (Å²) in [7, 11) is 3.35. The first kappa shape index (κ1) is 21.4. The second-order valence-corrected chi connectivity index (χ2v) is 7.13. The van der Waals surface area contributed by atoms with E-state index in [2.05, 4.69) is 27.2 Å². The van der Waals surface area contributed by atoms with Crippen molar-refractivity contribution in [1.29, 1.82) is 0 Å². The van der Waals surface area contributed by atoms with Crippen molar-refractivity contribution in [2.75, 3.05) is 45.5 Å². The largest absolute Gasteiger partial charge is 0.497 e. The number of ether oxygens (including phenoxy) is 3. The highest BCUT2D eigenvalue weighted by molar-refractivity contribution is 8.93. The maximum absolute atomic E-state index is 5.55. The van der Waals surface area contributed by atoms with Gasteiger partial charge in [-0.15, -0.1) is 28.3 Å². The molecule has 0 atom stereocenters. The molecule has 0 radical (unpaired) electrons. The molecule has 0 spiro atoms. The van der Waals surface area contributed by atoms with Crippen molar-refractivity contribution in [3.8, 4) is 22.8 Å². The minimum Gasteiger partial charge on any atom is -0.497 e. The van der Waals surface area contributed by atoms with Gasteiger partial charge in [0.1, 0.15) is 17.2 Å². The Morgan fingerprint density at radius 2 is 1.69 bits per heavy atom. The molecule has 0 bridgehead atoms. The highest BCUT2D eigenvalue weighted by Gasteiger charge is 2.17. The molecule has 29 heavy (non-hydrogen) atoms. The lowest BCUT2D eigenvalue weighted by molar-refractivity contribution is 0.111. The zero-order valence-corrected chi connectivity index (χ0v) is 18.9. The fourth-order valence-corrected chi connectivity index (χ4v) is 4.11. The summed E-state index contributed by atoms with van der Waals surface area (Å²) in [5.74, 6) is 1.60. The molecular weight excluding hydrogens is 454 g/mol. The van der Waals surface area contributed by atoms with Crippen LogP contribution in [0.15, 0.2) is 58.9 Å². The molecule has 6 nitrogen and oxygen atoms in total. The van der Waals surface area contributed by atoms with E-state index in [0.29, 0.717) is 13.2 Å². The lowest BCUT2D eigenvalue weighted by atomic mass is 10.2. The summed E-state index contributed by atoms with van der Waals surface area (Å²) in [6.07, 6.45) is 0. The van der Waals surface area contributed by atoms with Crippen LogP contribution in [0.2, 0.25) is 0 Å². The third-order valence-electron chi connectivity index (χ3n) is 4.64. The SMILES string of the molecule is Br.COc1ccc(-c2csc(=Nc3ccccc3OC)n2N2CCOCC2)cc1. The van der Waals surface area contributed by atoms with Gasteiger partial charge < -0.3 is 19.2 Å². The van der Waals surface area contributed by atoms with E-state index in [0.717, 1.165) is 46.3 Å². The van der Waals surface area contributed by atoms with E-state index in [-0.39, 0.29) is 17.0 Å². The fourth-order valence-electron chi connectivity index (χ4n) is 3.19. The van der Waals surface area contributed by atoms with Gasteiger partial charge in [0.25, 0.3) is 0 Å². The zero-order valence-electron chi connectivity index (χ0n) is 16.4. The van der Waals surface area contributed by atoms with Gasteiger partial charge in [-0.25, -0.2) is 9.67 Å². The lowest BCUT2D eigenvalue weighted by Crippen LogP contribution is -2.48. The maximum atomic E-state index is 5.55. The Morgan fingerprint density at radius 1 is 0.966 bits per heavy atom. The third kappa shape index (κ3) is 4.66. The van der Waals surface area contributed by atoms with Crippen molar-refractivity contribution < 1.29 is 14.2 Å². The van der Waals surface area contributed by atoms with Crippen LogP contribution in [0.5, 0.6) is 11.5 Å². The van der Waals surface area contributed by atoms with Gasteiger partial charge in [-0.1, -0.05) is 12.1 Å². The molecule has 0 amide bonds. The van der Waals surface area contributed by atoms with Crippen molar-refractivity contribution in [3.63, 3.8) is 0 Å². The van der Waals surface area contributed by atoms with Crippen LogP contribution in [-0.2, 0) is 4.74 Å². The normalized spacial score (nSPS) is 14.4. The van der Waals surface area contributed by atoms with Gasteiger partial charge in [-0.05, 0) is 36.4 Å². The average Bonchev–Trinajstić information content (AvgIpc) is 3.18. The van der Waals surface area contributed by atoms with Crippen molar-refractivity contribution in [3.05, 3.63) is 58.7 Å². The molecule has 1 aromatic heterocycles. The number of nitrogens with zero attached hydrogens (tertiary/aromatic N) is 3. The molecule has 2 aromatic carbocycles. The van der Waals surface area contributed by atoms with Gasteiger partial charge in [0.15, 0.2) is 0 Å². The third-order valence-corrected chi connectivity index (χ3v) is 5.46. The molecular formula is C21H24BrN3O3S. The molecule has 0 N–H and O–H groups in total. The smallest absolute Gasteiger partial charge is 0.209 e. The first-order valence-corrected chi connectivity index (χ1v) is 10.0. The number of para-hydroxylation sites is 2. The van der Waals surface area contributed by atoms with Crippen LogP contribution in [0, 0.1) is 0 Å². The number of thiazole rings is 1. The summed E-state index contributed by atoms with van der Waals surface area (Å²) in [6, 6.07) is 15.9.